The molecule has 1 amide bonds. The monoisotopic (exact) mass is 1010 g/mol. The quantitative estimate of drug-likeness (QED) is 0.0897. The lowest BCUT2D eigenvalue weighted by Gasteiger charge is -2.49. The lowest BCUT2D eigenvalue weighted by Crippen LogP contribution is -2.60. The molecular formula is C53H91N3O15. The number of rotatable bonds is 17. The minimum atomic E-state index is -1.84. The van der Waals surface area contributed by atoms with E-state index in [9.17, 15) is 39.9 Å². The van der Waals surface area contributed by atoms with Crippen LogP contribution in [-0.2, 0) is 54.1 Å². The Morgan fingerprint density at radius 1 is 0.887 bits per heavy atom. The first-order valence-electron chi connectivity index (χ1n) is 25.9. The number of cyclic esters (lactones) is 1. The van der Waals surface area contributed by atoms with Crippen LogP contribution in [-0.4, -0.2) is 178 Å². The highest BCUT2D eigenvalue weighted by atomic mass is 16.7. The maximum absolute atomic E-state index is 14.5. The summed E-state index contributed by atoms with van der Waals surface area (Å²) in [5.74, 6) is -3.13. The minimum Gasteiger partial charge on any atom is -0.469 e. The molecule has 0 spiro atoms. The van der Waals surface area contributed by atoms with Gasteiger partial charge in [0.05, 0.1) is 48.6 Å². The van der Waals surface area contributed by atoms with Crippen LogP contribution >= 0.6 is 0 Å². The molecule has 1 aromatic rings. The van der Waals surface area contributed by atoms with Gasteiger partial charge in [-0.15, -0.1) is 0 Å². The van der Waals surface area contributed by atoms with E-state index in [0.29, 0.717) is 44.5 Å². The van der Waals surface area contributed by atoms with Crippen LogP contribution in [0.5, 0.6) is 0 Å². The second-order valence-corrected chi connectivity index (χ2v) is 21.9. The second-order valence-electron chi connectivity index (χ2n) is 21.9. The van der Waals surface area contributed by atoms with Gasteiger partial charge in [0.15, 0.2) is 12.6 Å². The number of unbranched alkanes of at least 4 members (excludes halogenated alkanes) is 3. The molecule has 0 bridgehead atoms. The van der Waals surface area contributed by atoms with E-state index < -0.39 is 102 Å². The van der Waals surface area contributed by atoms with Crippen molar-refractivity contribution in [1.29, 1.82) is 0 Å². The van der Waals surface area contributed by atoms with E-state index in [1.165, 1.54) is 21.1 Å². The van der Waals surface area contributed by atoms with Gasteiger partial charge < -0.3 is 68.9 Å². The first-order chi connectivity index (χ1) is 33.2. The number of aliphatic hydroxyl groups excluding tert-OH is 3. The van der Waals surface area contributed by atoms with E-state index in [4.69, 9.17) is 28.4 Å². The number of esters is 2. The number of amides is 1. The number of hydrogen-bond donors (Lipinski definition) is 6. The number of anilines is 1. The number of carbonyl (C=O) groups is 3. The number of hydrogen-bond acceptors (Lipinski definition) is 17. The second kappa shape index (κ2) is 26.6. The van der Waals surface area contributed by atoms with Gasteiger partial charge in [0.2, 0.25) is 5.91 Å². The van der Waals surface area contributed by atoms with E-state index in [2.05, 4.69) is 10.1 Å². The molecule has 1 aromatic carbocycles. The highest BCUT2D eigenvalue weighted by molar-refractivity contribution is 5.90. The van der Waals surface area contributed by atoms with Gasteiger partial charge in [0.25, 0.3) is 0 Å². The van der Waals surface area contributed by atoms with Crippen molar-refractivity contribution in [3.63, 3.8) is 0 Å². The van der Waals surface area contributed by atoms with E-state index in [0.717, 1.165) is 24.8 Å². The highest BCUT2D eigenvalue weighted by Gasteiger charge is 2.53. The summed E-state index contributed by atoms with van der Waals surface area (Å²) >= 11 is 0. The van der Waals surface area contributed by atoms with Crippen LogP contribution in [0, 0.1) is 17.8 Å². The summed E-state index contributed by atoms with van der Waals surface area (Å²) in [6, 6.07) is 6.53. The molecule has 18 heteroatoms. The van der Waals surface area contributed by atoms with Crippen LogP contribution in [0.4, 0.5) is 5.69 Å². The molecule has 0 unspecified atom stereocenters. The normalized spacial score (nSPS) is 39.3. The Balaban J connectivity index is 1.62. The Morgan fingerprint density at radius 3 is 2.13 bits per heavy atom. The Morgan fingerprint density at radius 2 is 1.52 bits per heavy atom. The molecule has 6 N–H and O–H groups in total. The van der Waals surface area contributed by atoms with E-state index in [1.54, 1.807) is 41.5 Å². The first kappa shape index (κ1) is 60.7. The predicted octanol–water partition coefficient (Wildman–Crippen LogP) is 4.92. The predicted molar refractivity (Wildman–Crippen MR) is 267 cm³/mol. The molecule has 3 aliphatic rings. The average molecular weight is 1010 g/mol. The van der Waals surface area contributed by atoms with Crippen molar-refractivity contribution >= 4 is 23.5 Å². The summed E-state index contributed by atoms with van der Waals surface area (Å²) in [5.41, 5.74) is -2.93. The molecule has 71 heavy (non-hydrogen) atoms. The number of nitrogens with one attached hydrogen (secondary N) is 1. The fourth-order valence-corrected chi connectivity index (χ4v) is 11.0. The van der Waals surface area contributed by atoms with Crippen molar-refractivity contribution in [2.75, 3.05) is 40.2 Å². The third-order valence-corrected chi connectivity index (χ3v) is 15.5. The molecule has 0 aromatic heterocycles. The zero-order valence-corrected chi connectivity index (χ0v) is 45.2. The van der Waals surface area contributed by atoms with Crippen molar-refractivity contribution in [2.45, 2.75) is 230 Å². The summed E-state index contributed by atoms with van der Waals surface area (Å²) in [4.78, 5) is 42.4. The Labute approximate surface area is 423 Å². The summed E-state index contributed by atoms with van der Waals surface area (Å²) in [5, 5.41) is 62.6. The molecule has 3 fully saturated rings. The number of methoxy groups -OCH3 is 2. The van der Waals surface area contributed by atoms with Crippen LogP contribution in [0.3, 0.4) is 0 Å². The fraction of sp³-hybridized carbons (Fsp3) is 0.830. The van der Waals surface area contributed by atoms with Gasteiger partial charge >= 0.3 is 11.9 Å². The maximum Gasteiger partial charge on any atom is 0.311 e. The third-order valence-electron chi connectivity index (χ3n) is 15.5. The highest BCUT2D eigenvalue weighted by Crippen LogP contribution is 2.40. The SMILES string of the molecule is CC[C@H]1OC(=O)[C@H](C)[C@@H](O[C@H]2C[C@@](C)(OC)[C@@H](O)[C@H](C)O2)[C@H](C)[C@@H](O[C@@H]2O[C@H](C)C[C@H](N(C)Cc3ccc(NC(=O)CCCCCCC(=O)OC)cc3)[C@@H]2O)[C@](C)(O)C[C@@H](C)CN(C)[C@H](C)[C@@H](O)[C@]1(C)O. The number of aliphatic hydroxyl groups is 5. The summed E-state index contributed by atoms with van der Waals surface area (Å²) < 4.78 is 42.9. The molecular weight excluding hydrogens is 919 g/mol. The Bertz CT molecular complexity index is 1820. The molecule has 3 heterocycles. The molecule has 3 saturated heterocycles. The van der Waals surface area contributed by atoms with Gasteiger partial charge in [-0.05, 0) is 118 Å². The van der Waals surface area contributed by atoms with Gasteiger partial charge in [0.1, 0.15) is 30.0 Å². The molecule has 0 radical (unpaired) electrons. The lowest BCUT2D eigenvalue weighted by molar-refractivity contribution is -0.318. The van der Waals surface area contributed by atoms with Crippen LogP contribution in [0.15, 0.2) is 24.3 Å². The van der Waals surface area contributed by atoms with Crippen molar-refractivity contribution in [3.05, 3.63) is 29.8 Å². The number of nitrogens with zero attached hydrogens (tertiary/aromatic N) is 2. The molecule has 18 nitrogen and oxygen atoms in total. The molecule has 0 aliphatic carbocycles. The van der Waals surface area contributed by atoms with Crippen molar-refractivity contribution < 1.29 is 73.1 Å². The Kier molecular flexibility index (Phi) is 22.7. The van der Waals surface area contributed by atoms with Crippen LogP contribution in [0.1, 0.15) is 139 Å². The van der Waals surface area contributed by atoms with Gasteiger partial charge in [-0.2, -0.15) is 0 Å². The molecule has 0 saturated carbocycles. The number of ether oxygens (including phenoxy) is 7. The summed E-state index contributed by atoms with van der Waals surface area (Å²) in [6.45, 7) is 18.4. The summed E-state index contributed by atoms with van der Waals surface area (Å²) in [7, 11) is 6.62. The standard InChI is InChI=1S/C53H91N3O15/c1-15-40-53(10,64)46(60)35(6)55(11)29-31(2)27-51(8,63)48(33(4)45(34(5)49(62)69-40)70-43-28-52(9,66-14)47(61)36(7)68-43)71-50-44(59)39(26-32(3)67-50)56(12)30-37-22-24-38(25-23-37)54-41(57)20-18-16-17-19-21-42(58)65-13/h22-25,31-36,39-40,43-48,50,59-61,63-64H,15-21,26-30H2,1-14H3,(H,54,57)/t31-,32-,33+,34-,35-,36+,39+,40-,43+,44+,45+,46-,47+,48-,50+,51-,52-,53-/m1/s1. The smallest absolute Gasteiger partial charge is 0.311 e. The van der Waals surface area contributed by atoms with Gasteiger partial charge in [-0.1, -0.05) is 45.7 Å². The largest absolute Gasteiger partial charge is 0.469 e. The average Bonchev–Trinajstić information content (AvgIpc) is 3.31. The Hall–Kier alpha value is -2.85. The number of benzene rings is 1. The van der Waals surface area contributed by atoms with E-state index in [-0.39, 0.29) is 43.2 Å². The fourth-order valence-electron chi connectivity index (χ4n) is 11.0. The molecule has 18 atom stereocenters. The minimum absolute atomic E-state index is 0.0851. The van der Waals surface area contributed by atoms with Crippen molar-refractivity contribution in [3.8, 4) is 0 Å². The van der Waals surface area contributed by atoms with Crippen LogP contribution in [0.2, 0.25) is 0 Å². The zero-order valence-electron chi connectivity index (χ0n) is 45.2. The third kappa shape index (κ3) is 16.1. The first-order valence-corrected chi connectivity index (χ1v) is 25.9. The number of carbonyl (C=O) groups excluding carboxylic acids is 3. The maximum atomic E-state index is 14.5. The molecule has 408 valence electrons. The van der Waals surface area contributed by atoms with Gasteiger partial charge in [-0.25, -0.2) is 0 Å². The van der Waals surface area contributed by atoms with Crippen molar-refractivity contribution in [2.24, 2.45) is 17.8 Å². The van der Waals surface area contributed by atoms with Crippen LogP contribution in [0.25, 0.3) is 0 Å². The topological polar surface area (TPSA) is 235 Å². The summed E-state index contributed by atoms with van der Waals surface area (Å²) in [6.07, 6.45) is -5.32. The lowest BCUT2D eigenvalue weighted by atomic mass is 9.77. The number of likely N-dealkylation sites (N-methyl/N-ethyl adjacent to an activating group) is 2. The van der Waals surface area contributed by atoms with E-state index in [1.807, 2.05) is 68.9 Å². The van der Waals surface area contributed by atoms with Crippen LogP contribution < -0.4 is 5.32 Å². The van der Waals surface area contributed by atoms with Crippen molar-refractivity contribution in [1.82, 2.24) is 9.80 Å². The molecule has 4 rings (SSSR count). The molecule has 3 aliphatic heterocycles. The van der Waals surface area contributed by atoms with E-state index >= 15 is 0 Å². The van der Waals surface area contributed by atoms with Gasteiger partial charge in [-0.3, -0.25) is 19.3 Å². The van der Waals surface area contributed by atoms with Gasteiger partial charge in [0, 0.05) is 63.2 Å². The zero-order chi connectivity index (χ0) is 53.2.